The largest absolute Gasteiger partial charge is 0.493 e. The number of ether oxygens (including phenoxy) is 2. The molecule has 0 fully saturated rings. The van der Waals surface area contributed by atoms with Gasteiger partial charge in [-0.2, -0.15) is 13.9 Å². The number of rotatable bonds is 8. The second kappa shape index (κ2) is 9.59. The zero-order valence-electron chi connectivity index (χ0n) is 15.0. The molecule has 7 nitrogen and oxygen atoms in total. The Morgan fingerprint density at radius 1 is 1.27 bits per heavy atom. The third-order valence-electron chi connectivity index (χ3n) is 3.57. The lowest BCUT2D eigenvalue weighted by Gasteiger charge is -2.13. The number of hydrogen-bond donors (Lipinski definition) is 2. The van der Waals surface area contributed by atoms with Gasteiger partial charge in [0.1, 0.15) is 0 Å². The van der Waals surface area contributed by atoms with Crippen molar-refractivity contribution in [2.45, 2.75) is 26.6 Å². The molecule has 26 heavy (non-hydrogen) atoms. The van der Waals surface area contributed by atoms with E-state index in [0.717, 1.165) is 11.3 Å². The first kappa shape index (κ1) is 19.5. The van der Waals surface area contributed by atoms with Crippen LogP contribution in [-0.2, 0) is 20.1 Å². The average Bonchev–Trinajstić information content (AvgIpc) is 3.02. The third-order valence-corrected chi connectivity index (χ3v) is 3.57. The molecular formula is C17H23F2N5O2. The molecule has 2 rings (SSSR count). The summed E-state index contributed by atoms with van der Waals surface area (Å²) in [5.74, 6) is 0.850. The second-order valence-corrected chi connectivity index (χ2v) is 5.36. The zero-order valence-corrected chi connectivity index (χ0v) is 15.0. The van der Waals surface area contributed by atoms with Crippen molar-refractivity contribution in [2.24, 2.45) is 12.0 Å². The number of hydrogen-bond acceptors (Lipinski definition) is 4. The van der Waals surface area contributed by atoms with Gasteiger partial charge >= 0.3 is 6.61 Å². The van der Waals surface area contributed by atoms with Gasteiger partial charge < -0.3 is 20.1 Å². The molecule has 0 aliphatic carbocycles. The van der Waals surface area contributed by atoms with Gasteiger partial charge in [0.25, 0.3) is 0 Å². The molecule has 2 aromatic rings. The molecule has 9 heteroatoms. The molecule has 0 saturated carbocycles. The predicted molar refractivity (Wildman–Crippen MR) is 94.5 cm³/mol. The van der Waals surface area contributed by atoms with Crippen molar-refractivity contribution >= 4 is 5.96 Å². The first-order valence-electron chi connectivity index (χ1n) is 8.14. The number of benzene rings is 1. The van der Waals surface area contributed by atoms with Crippen LogP contribution in [0.3, 0.4) is 0 Å². The fourth-order valence-corrected chi connectivity index (χ4v) is 2.27. The van der Waals surface area contributed by atoms with Crippen LogP contribution in [0.15, 0.2) is 35.5 Å². The molecule has 0 aliphatic heterocycles. The Hall–Kier alpha value is -2.84. The lowest BCUT2D eigenvalue weighted by molar-refractivity contribution is -0.0512. The molecule has 1 heterocycles. The van der Waals surface area contributed by atoms with Crippen LogP contribution < -0.4 is 20.1 Å². The second-order valence-electron chi connectivity index (χ2n) is 5.36. The van der Waals surface area contributed by atoms with Crippen molar-refractivity contribution in [3.8, 4) is 11.5 Å². The van der Waals surface area contributed by atoms with E-state index in [0.29, 0.717) is 25.6 Å². The average molecular weight is 367 g/mol. The van der Waals surface area contributed by atoms with Crippen LogP contribution >= 0.6 is 0 Å². The highest BCUT2D eigenvalue weighted by Crippen LogP contribution is 2.29. The topological polar surface area (TPSA) is 72.7 Å². The minimum atomic E-state index is -2.92. The maximum Gasteiger partial charge on any atom is 0.387 e. The summed E-state index contributed by atoms with van der Waals surface area (Å²) in [5, 5.41) is 10.5. The lowest BCUT2D eigenvalue weighted by Crippen LogP contribution is -2.37. The maximum atomic E-state index is 12.5. The van der Waals surface area contributed by atoms with E-state index < -0.39 is 6.61 Å². The summed E-state index contributed by atoms with van der Waals surface area (Å²) >= 11 is 0. The highest BCUT2D eigenvalue weighted by molar-refractivity contribution is 5.79. The van der Waals surface area contributed by atoms with E-state index in [1.54, 1.807) is 23.0 Å². The van der Waals surface area contributed by atoms with Crippen molar-refractivity contribution in [3.63, 3.8) is 0 Å². The van der Waals surface area contributed by atoms with Crippen molar-refractivity contribution < 1.29 is 18.3 Å². The Bertz CT molecular complexity index is 734. The molecule has 1 aromatic heterocycles. The molecule has 0 saturated heterocycles. The Labute approximate surface area is 151 Å². The van der Waals surface area contributed by atoms with Gasteiger partial charge in [0, 0.05) is 19.8 Å². The van der Waals surface area contributed by atoms with Crippen LogP contribution in [0.4, 0.5) is 8.78 Å². The van der Waals surface area contributed by atoms with Gasteiger partial charge in [-0.15, -0.1) is 0 Å². The third kappa shape index (κ3) is 5.61. The summed E-state index contributed by atoms with van der Waals surface area (Å²) in [7, 11) is 3.26. The number of aromatic nitrogens is 2. The molecule has 2 N–H and O–H groups in total. The van der Waals surface area contributed by atoms with Gasteiger partial charge in [0.15, 0.2) is 17.5 Å². The van der Waals surface area contributed by atoms with Gasteiger partial charge in [-0.3, -0.25) is 4.68 Å². The lowest BCUT2D eigenvalue weighted by atomic mass is 10.2. The SMILES string of the molecule is CCNC(=NCc1ccc(OC)c(OC(F)F)c1)NCc1ccnn1C. The Kier molecular flexibility index (Phi) is 7.19. The van der Waals surface area contributed by atoms with Gasteiger partial charge in [-0.1, -0.05) is 6.07 Å². The summed E-state index contributed by atoms with van der Waals surface area (Å²) in [6, 6.07) is 6.75. The standard InChI is InChI=1S/C17H23F2N5O2/c1-4-20-17(22-11-13-7-8-23-24(13)2)21-10-12-5-6-14(25-3)15(9-12)26-16(18)19/h5-9,16H,4,10-11H2,1-3H3,(H2,20,21,22). The molecule has 0 bridgehead atoms. The van der Waals surface area contributed by atoms with Gasteiger partial charge in [-0.05, 0) is 30.7 Å². The Morgan fingerprint density at radius 3 is 2.69 bits per heavy atom. The van der Waals surface area contributed by atoms with Crippen LogP contribution in [0.5, 0.6) is 11.5 Å². The fraction of sp³-hybridized carbons (Fsp3) is 0.412. The first-order chi connectivity index (χ1) is 12.5. The quantitative estimate of drug-likeness (QED) is 0.553. The van der Waals surface area contributed by atoms with E-state index in [9.17, 15) is 8.78 Å². The van der Waals surface area contributed by atoms with Crippen molar-refractivity contribution in [3.05, 3.63) is 41.7 Å². The molecule has 0 spiro atoms. The highest BCUT2D eigenvalue weighted by Gasteiger charge is 2.11. The summed E-state index contributed by atoms with van der Waals surface area (Å²) in [6.07, 6.45) is 1.73. The van der Waals surface area contributed by atoms with E-state index in [-0.39, 0.29) is 11.5 Å². The molecule has 0 atom stereocenters. The molecule has 142 valence electrons. The smallest absolute Gasteiger partial charge is 0.387 e. The van der Waals surface area contributed by atoms with E-state index in [4.69, 9.17) is 4.74 Å². The predicted octanol–water partition coefficient (Wildman–Crippen LogP) is 2.29. The number of alkyl halides is 2. The van der Waals surface area contributed by atoms with Gasteiger partial charge in [0.2, 0.25) is 0 Å². The number of nitrogens with one attached hydrogen (secondary N) is 2. The minimum Gasteiger partial charge on any atom is -0.493 e. The van der Waals surface area contributed by atoms with E-state index in [1.165, 1.54) is 13.2 Å². The van der Waals surface area contributed by atoms with Crippen LogP contribution in [0, 0.1) is 0 Å². The number of halogens is 2. The summed E-state index contributed by atoms with van der Waals surface area (Å²) < 4.78 is 36.3. The monoisotopic (exact) mass is 367 g/mol. The summed E-state index contributed by atoms with van der Waals surface area (Å²) in [4.78, 5) is 4.47. The summed E-state index contributed by atoms with van der Waals surface area (Å²) in [5.41, 5.74) is 1.73. The number of aliphatic imine (C=N–C) groups is 1. The molecule has 0 unspecified atom stereocenters. The first-order valence-corrected chi connectivity index (χ1v) is 8.14. The van der Waals surface area contributed by atoms with Crippen LogP contribution in [0.25, 0.3) is 0 Å². The highest BCUT2D eigenvalue weighted by atomic mass is 19.3. The number of nitrogens with zero attached hydrogens (tertiary/aromatic N) is 3. The normalized spacial score (nSPS) is 11.5. The minimum absolute atomic E-state index is 0.0111. The van der Waals surface area contributed by atoms with Gasteiger partial charge in [-0.25, -0.2) is 4.99 Å². The molecular weight excluding hydrogens is 344 g/mol. The molecule has 0 radical (unpaired) electrons. The molecule has 0 aliphatic rings. The zero-order chi connectivity index (χ0) is 18.9. The number of methoxy groups -OCH3 is 1. The Balaban J connectivity index is 2.06. The van der Waals surface area contributed by atoms with E-state index in [2.05, 4.69) is 25.5 Å². The number of guanidine groups is 1. The molecule has 0 amide bonds. The summed E-state index contributed by atoms with van der Waals surface area (Å²) in [6.45, 7) is 0.596. The van der Waals surface area contributed by atoms with Crippen molar-refractivity contribution in [1.29, 1.82) is 0 Å². The fourth-order valence-electron chi connectivity index (χ4n) is 2.27. The molecule has 1 aromatic carbocycles. The van der Waals surface area contributed by atoms with E-state index in [1.807, 2.05) is 20.0 Å². The van der Waals surface area contributed by atoms with Crippen molar-refractivity contribution in [1.82, 2.24) is 20.4 Å². The number of aryl methyl sites for hydroxylation is 1. The van der Waals surface area contributed by atoms with Crippen LogP contribution in [0.1, 0.15) is 18.2 Å². The van der Waals surface area contributed by atoms with Crippen LogP contribution in [0.2, 0.25) is 0 Å². The van der Waals surface area contributed by atoms with Crippen molar-refractivity contribution in [2.75, 3.05) is 13.7 Å². The van der Waals surface area contributed by atoms with E-state index >= 15 is 0 Å². The van der Waals surface area contributed by atoms with Crippen LogP contribution in [-0.4, -0.2) is 36.0 Å². The van der Waals surface area contributed by atoms with Gasteiger partial charge in [0.05, 0.1) is 25.9 Å². The maximum absolute atomic E-state index is 12.5. The Morgan fingerprint density at radius 2 is 2.08 bits per heavy atom.